The molecular formula is C14H19N3O4. The van der Waals surface area contributed by atoms with Gasteiger partial charge < -0.3 is 15.4 Å². The van der Waals surface area contributed by atoms with Crippen molar-refractivity contribution >= 4 is 11.6 Å². The summed E-state index contributed by atoms with van der Waals surface area (Å²) >= 11 is 0. The number of benzene rings is 1. The van der Waals surface area contributed by atoms with E-state index in [2.05, 4.69) is 10.6 Å². The third kappa shape index (κ3) is 3.91. The van der Waals surface area contributed by atoms with Gasteiger partial charge in [-0.2, -0.15) is 0 Å². The number of hydrogen-bond acceptors (Lipinski definition) is 5. The number of ether oxygens (including phenoxy) is 1. The molecule has 114 valence electrons. The Morgan fingerprint density at radius 3 is 2.81 bits per heavy atom. The van der Waals surface area contributed by atoms with Crippen LogP contribution >= 0.6 is 0 Å². The molecule has 7 nitrogen and oxygen atoms in total. The van der Waals surface area contributed by atoms with Crippen LogP contribution in [0.3, 0.4) is 0 Å². The fourth-order valence-corrected chi connectivity index (χ4v) is 2.26. The van der Waals surface area contributed by atoms with Crippen LogP contribution in [0.4, 0.5) is 5.69 Å². The van der Waals surface area contributed by atoms with Crippen molar-refractivity contribution in [3.8, 4) is 5.75 Å². The third-order valence-electron chi connectivity index (χ3n) is 3.34. The molecule has 1 aromatic carbocycles. The van der Waals surface area contributed by atoms with Crippen molar-refractivity contribution in [1.29, 1.82) is 0 Å². The second-order valence-corrected chi connectivity index (χ2v) is 4.87. The lowest BCUT2D eigenvalue weighted by Gasteiger charge is -2.23. The molecule has 0 radical (unpaired) electrons. The van der Waals surface area contributed by atoms with Crippen molar-refractivity contribution in [2.75, 3.05) is 19.6 Å². The topological polar surface area (TPSA) is 93.5 Å². The van der Waals surface area contributed by atoms with Gasteiger partial charge in [0.05, 0.1) is 4.92 Å². The van der Waals surface area contributed by atoms with Crippen molar-refractivity contribution in [3.63, 3.8) is 0 Å². The standard InChI is InChI=1S/C14H19N3O4/c1-2-16-14(18)10-3-4-12(17(19)20)13(9-10)21-11-5-7-15-8-6-11/h3-4,9,11,15H,2,5-8H2,1H3,(H,16,18). The van der Waals surface area contributed by atoms with Gasteiger partial charge in [0.25, 0.3) is 5.91 Å². The maximum absolute atomic E-state index is 11.8. The summed E-state index contributed by atoms with van der Waals surface area (Å²) in [7, 11) is 0. The van der Waals surface area contributed by atoms with Crippen LogP contribution in [0.25, 0.3) is 0 Å². The quantitative estimate of drug-likeness (QED) is 0.633. The highest BCUT2D eigenvalue weighted by molar-refractivity contribution is 5.95. The lowest BCUT2D eigenvalue weighted by Crippen LogP contribution is -2.34. The maximum Gasteiger partial charge on any atom is 0.310 e. The number of nitrogens with one attached hydrogen (secondary N) is 2. The van der Waals surface area contributed by atoms with Crippen LogP contribution in [0.5, 0.6) is 5.75 Å². The first-order valence-electron chi connectivity index (χ1n) is 7.06. The summed E-state index contributed by atoms with van der Waals surface area (Å²) < 4.78 is 5.76. The zero-order valence-electron chi connectivity index (χ0n) is 11.9. The summed E-state index contributed by atoms with van der Waals surface area (Å²) in [4.78, 5) is 22.4. The van der Waals surface area contributed by atoms with E-state index in [1.807, 2.05) is 6.92 Å². The molecule has 7 heteroatoms. The van der Waals surface area contributed by atoms with Crippen molar-refractivity contribution in [2.45, 2.75) is 25.9 Å². The van der Waals surface area contributed by atoms with E-state index in [-0.39, 0.29) is 23.4 Å². The second-order valence-electron chi connectivity index (χ2n) is 4.87. The summed E-state index contributed by atoms with van der Waals surface area (Å²) in [5, 5.41) is 17.0. The van der Waals surface area contributed by atoms with Gasteiger partial charge in [-0.1, -0.05) is 0 Å². The molecule has 21 heavy (non-hydrogen) atoms. The van der Waals surface area contributed by atoms with Gasteiger partial charge in [0.1, 0.15) is 6.10 Å². The molecule has 1 aliphatic heterocycles. The van der Waals surface area contributed by atoms with E-state index in [0.29, 0.717) is 12.1 Å². The van der Waals surface area contributed by atoms with E-state index >= 15 is 0 Å². The summed E-state index contributed by atoms with van der Waals surface area (Å²) in [6.07, 6.45) is 1.53. The minimum absolute atomic E-state index is 0.0607. The van der Waals surface area contributed by atoms with E-state index in [1.165, 1.54) is 18.2 Å². The highest BCUT2D eigenvalue weighted by atomic mass is 16.6. The average molecular weight is 293 g/mol. The van der Waals surface area contributed by atoms with Gasteiger partial charge in [-0.05, 0) is 38.9 Å². The predicted molar refractivity (Wildman–Crippen MR) is 77.6 cm³/mol. The zero-order chi connectivity index (χ0) is 15.2. The highest BCUT2D eigenvalue weighted by Crippen LogP contribution is 2.30. The summed E-state index contributed by atoms with van der Waals surface area (Å²) in [6.45, 7) is 3.97. The Bertz CT molecular complexity index is 527. The number of nitro groups is 1. The van der Waals surface area contributed by atoms with E-state index < -0.39 is 4.92 Å². The Labute approximate surface area is 122 Å². The van der Waals surface area contributed by atoms with Gasteiger partial charge in [-0.3, -0.25) is 14.9 Å². The number of carbonyl (C=O) groups is 1. The first-order chi connectivity index (χ1) is 10.1. The minimum atomic E-state index is -0.488. The van der Waals surface area contributed by atoms with Crippen LogP contribution in [0.1, 0.15) is 30.1 Å². The van der Waals surface area contributed by atoms with Crippen LogP contribution in [0.15, 0.2) is 18.2 Å². The SMILES string of the molecule is CCNC(=O)c1ccc([N+](=O)[O-])c(OC2CCNCC2)c1. The highest BCUT2D eigenvalue weighted by Gasteiger charge is 2.22. The zero-order valence-corrected chi connectivity index (χ0v) is 11.9. The number of nitrogens with zero attached hydrogens (tertiary/aromatic N) is 1. The molecule has 0 bridgehead atoms. The molecule has 0 atom stereocenters. The fourth-order valence-electron chi connectivity index (χ4n) is 2.26. The van der Waals surface area contributed by atoms with Crippen LogP contribution in [-0.2, 0) is 0 Å². The molecule has 1 amide bonds. The molecule has 1 fully saturated rings. The molecule has 0 unspecified atom stereocenters. The first kappa shape index (κ1) is 15.2. The largest absolute Gasteiger partial charge is 0.483 e. The van der Waals surface area contributed by atoms with E-state index in [9.17, 15) is 14.9 Å². The third-order valence-corrected chi connectivity index (χ3v) is 3.34. The normalized spacial score (nSPS) is 15.5. The number of piperidine rings is 1. The van der Waals surface area contributed by atoms with E-state index in [1.54, 1.807) is 0 Å². The fraction of sp³-hybridized carbons (Fsp3) is 0.500. The molecule has 2 rings (SSSR count). The van der Waals surface area contributed by atoms with Crippen molar-refractivity contribution < 1.29 is 14.5 Å². The van der Waals surface area contributed by atoms with Gasteiger partial charge >= 0.3 is 5.69 Å². The molecule has 1 heterocycles. The molecule has 1 aromatic rings. The monoisotopic (exact) mass is 293 g/mol. The Morgan fingerprint density at radius 1 is 1.48 bits per heavy atom. The van der Waals surface area contributed by atoms with E-state index in [4.69, 9.17) is 4.74 Å². The van der Waals surface area contributed by atoms with Crippen LogP contribution < -0.4 is 15.4 Å². The van der Waals surface area contributed by atoms with Gasteiger partial charge in [0.2, 0.25) is 0 Å². The molecule has 0 spiro atoms. The minimum Gasteiger partial charge on any atom is -0.483 e. The smallest absolute Gasteiger partial charge is 0.310 e. The molecule has 2 N–H and O–H groups in total. The number of amides is 1. The van der Waals surface area contributed by atoms with Crippen LogP contribution in [-0.4, -0.2) is 36.6 Å². The number of hydrogen-bond donors (Lipinski definition) is 2. The van der Waals surface area contributed by atoms with E-state index in [0.717, 1.165) is 25.9 Å². The second kappa shape index (κ2) is 7.03. The van der Waals surface area contributed by atoms with Crippen LogP contribution in [0.2, 0.25) is 0 Å². The molecule has 0 aromatic heterocycles. The molecule has 0 aliphatic carbocycles. The number of carbonyl (C=O) groups excluding carboxylic acids is 1. The van der Waals surface area contributed by atoms with Crippen LogP contribution in [0, 0.1) is 10.1 Å². The number of rotatable bonds is 5. The predicted octanol–water partition coefficient (Wildman–Crippen LogP) is 1.48. The van der Waals surface area contributed by atoms with Crippen molar-refractivity contribution in [1.82, 2.24) is 10.6 Å². The Kier molecular flexibility index (Phi) is 5.10. The van der Waals surface area contributed by atoms with Crippen molar-refractivity contribution in [3.05, 3.63) is 33.9 Å². The van der Waals surface area contributed by atoms with Gasteiger partial charge in [-0.25, -0.2) is 0 Å². The lowest BCUT2D eigenvalue weighted by molar-refractivity contribution is -0.386. The molecular weight excluding hydrogens is 274 g/mol. The molecule has 0 saturated carbocycles. The number of nitro benzene ring substituents is 1. The van der Waals surface area contributed by atoms with Gasteiger partial charge in [0.15, 0.2) is 5.75 Å². The van der Waals surface area contributed by atoms with Crippen molar-refractivity contribution in [2.24, 2.45) is 0 Å². The average Bonchev–Trinajstić information content (AvgIpc) is 2.48. The summed E-state index contributed by atoms with van der Waals surface area (Å²) in [5.74, 6) is -0.0989. The molecule has 1 aliphatic rings. The Morgan fingerprint density at radius 2 is 2.19 bits per heavy atom. The van der Waals surface area contributed by atoms with Gasteiger partial charge in [0, 0.05) is 24.2 Å². The maximum atomic E-state index is 11.8. The Hall–Kier alpha value is -2.15. The lowest BCUT2D eigenvalue weighted by atomic mass is 10.1. The van der Waals surface area contributed by atoms with Gasteiger partial charge in [-0.15, -0.1) is 0 Å². The molecule has 1 saturated heterocycles. The summed E-state index contributed by atoms with van der Waals surface area (Å²) in [5.41, 5.74) is 0.257. The first-order valence-corrected chi connectivity index (χ1v) is 7.06. The Balaban J connectivity index is 2.23. The summed E-state index contributed by atoms with van der Waals surface area (Å²) in [6, 6.07) is 4.21.